The minimum atomic E-state index is -4.61. The average molecular weight is 527 g/mol. The molecule has 0 aliphatic carbocycles. The maximum absolute atomic E-state index is 14.4. The van der Waals surface area contributed by atoms with Gasteiger partial charge >= 0.3 is 12.3 Å². The van der Waals surface area contributed by atoms with E-state index in [9.17, 15) is 26.7 Å². The molecule has 198 valence electrons. The maximum Gasteiger partial charge on any atom is 0.419 e. The van der Waals surface area contributed by atoms with E-state index in [-0.39, 0.29) is 18.2 Å². The Hall–Kier alpha value is -3.88. The molecule has 0 bridgehead atoms. The van der Waals surface area contributed by atoms with Gasteiger partial charge in [0.25, 0.3) is 5.91 Å². The van der Waals surface area contributed by atoms with Crippen molar-refractivity contribution in [2.45, 2.75) is 31.4 Å². The third kappa shape index (κ3) is 5.76. The van der Waals surface area contributed by atoms with Crippen molar-refractivity contribution < 1.29 is 36.2 Å². The van der Waals surface area contributed by atoms with Crippen molar-refractivity contribution in [1.82, 2.24) is 29.6 Å². The lowest BCUT2D eigenvalue weighted by Gasteiger charge is -2.42. The molecule has 1 aliphatic heterocycles. The third-order valence-corrected chi connectivity index (χ3v) is 5.64. The number of methoxy groups -OCH3 is 1. The van der Waals surface area contributed by atoms with Crippen LogP contribution in [0.3, 0.4) is 0 Å². The normalized spacial score (nSPS) is 19.5. The second kappa shape index (κ2) is 9.88. The Labute approximate surface area is 207 Å². The van der Waals surface area contributed by atoms with Crippen molar-refractivity contribution in [2.75, 3.05) is 25.5 Å². The van der Waals surface area contributed by atoms with Crippen molar-refractivity contribution >= 4 is 11.9 Å². The first-order valence-electron chi connectivity index (χ1n) is 10.9. The number of alkyl halides is 5. The van der Waals surface area contributed by atoms with Crippen molar-refractivity contribution in [2.24, 2.45) is 7.05 Å². The van der Waals surface area contributed by atoms with Crippen LogP contribution in [0.4, 0.5) is 27.9 Å². The largest absolute Gasteiger partial charge is 0.495 e. The lowest BCUT2D eigenvalue weighted by atomic mass is 10.1. The van der Waals surface area contributed by atoms with Crippen molar-refractivity contribution in [3.63, 3.8) is 0 Å². The first kappa shape index (κ1) is 26.2. The van der Waals surface area contributed by atoms with Crippen LogP contribution in [0.5, 0.6) is 5.75 Å². The van der Waals surface area contributed by atoms with E-state index in [0.29, 0.717) is 29.4 Å². The molecule has 4 heterocycles. The zero-order chi connectivity index (χ0) is 27.0. The van der Waals surface area contributed by atoms with E-state index in [2.05, 4.69) is 25.4 Å². The van der Waals surface area contributed by atoms with Gasteiger partial charge in [-0.15, -0.1) is 0 Å². The number of rotatable bonds is 6. The summed E-state index contributed by atoms with van der Waals surface area (Å²) in [6.45, 7) is 0.109. The fraction of sp³-hybridized carbons (Fsp3) is 0.409. The van der Waals surface area contributed by atoms with Gasteiger partial charge in [-0.3, -0.25) is 14.5 Å². The van der Waals surface area contributed by atoms with E-state index in [1.165, 1.54) is 31.1 Å². The zero-order valence-electron chi connectivity index (χ0n) is 19.8. The molecule has 10 nitrogen and oxygen atoms in total. The molecule has 4 rings (SSSR count). The van der Waals surface area contributed by atoms with Crippen LogP contribution in [0.2, 0.25) is 0 Å². The predicted octanol–water partition coefficient (Wildman–Crippen LogP) is 3.23. The average Bonchev–Trinajstić information content (AvgIpc) is 3.23. The van der Waals surface area contributed by atoms with Crippen LogP contribution in [0, 0.1) is 0 Å². The summed E-state index contributed by atoms with van der Waals surface area (Å²) in [6, 6.07) is 2.27. The SMILES string of the molecule is COc1ccc(-c2cn(C)nc2C(=O)N2CC(F)(F)O[C@@H](C)[C@H]2CNc2ncc(C(F)(F)F)cn2)nc1. The van der Waals surface area contributed by atoms with E-state index in [0.717, 1.165) is 4.90 Å². The second-order valence-electron chi connectivity index (χ2n) is 8.28. The molecule has 15 heteroatoms. The van der Waals surface area contributed by atoms with E-state index < -0.39 is 42.4 Å². The molecule has 0 spiro atoms. The van der Waals surface area contributed by atoms with Gasteiger partial charge in [-0.1, -0.05) is 0 Å². The molecule has 1 amide bonds. The smallest absolute Gasteiger partial charge is 0.419 e. The second-order valence-corrected chi connectivity index (χ2v) is 8.28. The van der Waals surface area contributed by atoms with Crippen LogP contribution in [0.25, 0.3) is 11.3 Å². The molecule has 1 N–H and O–H groups in total. The van der Waals surface area contributed by atoms with E-state index in [4.69, 9.17) is 9.47 Å². The minimum Gasteiger partial charge on any atom is -0.495 e. The number of aromatic nitrogens is 5. The first-order valence-corrected chi connectivity index (χ1v) is 10.9. The molecule has 1 saturated heterocycles. The van der Waals surface area contributed by atoms with Gasteiger partial charge < -0.3 is 19.7 Å². The van der Waals surface area contributed by atoms with E-state index in [1.54, 1.807) is 19.2 Å². The highest BCUT2D eigenvalue weighted by Gasteiger charge is 2.48. The number of pyridine rings is 1. The monoisotopic (exact) mass is 527 g/mol. The van der Waals surface area contributed by atoms with Crippen LogP contribution in [-0.4, -0.2) is 74.0 Å². The number of ether oxygens (including phenoxy) is 2. The number of hydrogen-bond acceptors (Lipinski definition) is 8. The van der Waals surface area contributed by atoms with Crippen LogP contribution in [0.15, 0.2) is 36.9 Å². The highest BCUT2D eigenvalue weighted by Crippen LogP contribution is 2.32. The fourth-order valence-corrected chi connectivity index (χ4v) is 3.85. The number of morpholine rings is 1. The summed E-state index contributed by atoms with van der Waals surface area (Å²) in [5, 5.41) is 6.87. The lowest BCUT2D eigenvalue weighted by Crippen LogP contribution is -2.61. The van der Waals surface area contributed by atoms with Crippen LogP contribution < -0.4 is 10.1 Å². The van der Waals surface area contributed by atoms with Gasteiger partial charge in [0.15, 0.2) is 5.69 Å². The molecule has 0 saturated carbocycles. The van der Waals surface area contributed by atoms with Gasteiger partial charge in [0, 0.05) is 32.2 Å². The van der Waals surface area contributed by atoms with Gasteiger partial charge in [-0.2, -0.15) is 27.1 Å². The Morgan fingerprint density at radius 3 is 2.51 bits per heavy atom. The minimum absolute atomic E-state index is 0.110. The number of aryl methyl sites for hydroxylation is 1. The number of nitrogens with one attached hydrogen (secondary N) is 1. The molecule has 1 aliphatic rings. The number of carbonyl (C=O) groups excluding carboxylic acids is 1. The lowest BCUT2D eigenvalue weighted by molar-refractivity contribution is -0.298. The predicted molar refractivity (Wildman–Crippen MR) is 119 cm³/mol. The number of carbonyl (C=O) groups is 1. The molecule has 3 aromatic heterocycles. The fourth-order valence-electron chi connectivity index (χ4n) is 3.85. The van der Waals surface area contributed by atoms with E-state index >= 15 is 0 Å². The van der Waals surface area contributed by atoms with Crippen LogP contribution in [0.1, 0.15) is 23.0 Å². The molecule has 2 atom stereocenters. The molecule has 37 heavy (non-hydrogen) atoms. The molecular formula is C22H22F5N7O3. The van der Waals surface area contributed by atoms with Crippen molar-refractivity contribution in [3.8, 4) is 17.0 Å². The summed E-state index contributed by atoms with van der Waals surface area (Å²) in [5.41, 5.74) is -0.465. The standard InChI is InChI=1S/C22H22F5N7O3/c1-12-17(9-31-20-29-6-13(7-30-20)22(25,26)27)34(11-21(23,24)37-12)19(35)18-15(10-33(2)32-18)16-5-4-14(36-3)8-28-16/h4-8,10,12,17H,9,11H2,1-3H3,(H,29,30,31)/t12-,17+/m0/s1. The summed E-state index contributed by atoms with van der Waals surface area (Å²) in [4.78, 5) is 26.0. The number of nitrogens with zero attached hydrogens (tertiary/aromatic N) is 6. The maximum atomic E-state index is 14.4. The van der Waals surface area contributed by atoms with Gasteiger partial charge in [0.1, 0.15) is 12.3 Å². The van der Waals surface area contributed by atoms with Gasteiger partial charge in [0.05, 0.1) is 42.3 Å². The van der Waals surface area contributed by atoms with Crippen LogP contribution >= 0.6 is 0 Å². The highest BCUT2D eigenvalue weighted by molar-refractivity contribution is 5.98. The summed E-state index contributed by atoms with van der Waals surface area (Å²) in [6.07, 6.45) is -5.24. The number of hydrogen-bond donors (Lipinski definition) is 1. The quantitative estimate of drug-likeness (QED) is 0.487. The summed E-state index contributed by atoms with van der Waals surface area (Å²) in [7, 11) is 3.04. The van der Waals surface area contributed by atoms with Crippen LogP contribution in [-0.2, 0) is 18.0 Å². The summed E-state index contributed by atoms with van der Waals surface area (Å²) >= 11 is 0. The van der Waals surface area contributed by atoms with Gasteiger partial charge in [-0.05, 0) is 19.1 Å². The Kier molecular flexibility index (Phi) is 6.99. The molecular weight excluding hydrogens is 505 g/mol. The Morgan fingerprint density at radius 1 is 1.22 bits per heavy atom. The number of halogens is 5. The zero-order valence-corrected chi connectivity index (χ0v) is 19.8. The number of amides is 1. The molecule has 0 unspecified atom stereocenters. The Balaban J connectivity index is 1.60. The third-order valence-electron chi connectivity index (χ3n) is 5.64. The summed E-state index contributed by atoms with van der Waals surface area (Å²) in [5.74, 6) is -0.493. The van der Waals surface area contributed by atoms with Crippen molar-refractivity contribution in [1.29, 1.82) is 0 Å². The highest BCUT2D eigenvalue weighted by atomic mass is 19.4. The molecule has 0 radical (unpaired) electrons. The van der Waals surface area contributed by atoms with Crippen molar-refractivity contribution in [3.05, 3.63) is 48.2 Å². The molecule has 1 fully saturated rings. The molecule has 3 aromatic rings. The summed E-state index contributed by atoms with van der Waals surface area (Å²) < 4.78 is 78.3. The Morgan fingerprint density at radius 2 is 1.92 bits per heavy atom. The van der Waals surface area contributed by atoms with Gasteiger partial charge in [0.2, 0.25) is 5.95 Å². The number of anilines is 1. The molecule has 0 aromatic carbocycles. The van der Waals surface area contributed by atoms with Gasteiger partial charge in [-0.25, -0.2) is 9.97 Å². The van der Waals surface area contributed by atoms with E-state index in [1.807, 2.05) is 0 Å². The topological polar surface area (TPSA) is 107 Å². The first-order chi connectivity index (χ1) is 17.4. The Bertz CT molecular complexity index is 1250.